The normalized spacial score (nSPS) is 9.42. The van der Waals surface area contributed by atoms with Crippen LogP contribution < -0.4 is 17.0 Å². The number of hydrogen-bond acceptors (Lipinski definition) is 5. The van der Waals surface area contributed by atoms with Crippen molar-refractivity contribution in [2.45, 2.75) is 0 Å². The molecule has 0 heterocycles. The number of carboxylic acids is 2. The van der Waals surface area contributed by atoms with Gasteiger partial charge in [0, 0.05) is 0 Å². The molecule has 142 valence electrons. The molecule has 0 bridgehead atoms. The van der Waals surface area contributed by atoms with Gasteiger partial charge in [-0.2, -0.15) is 0 Å². The van der Waals surface area contributed by atoms with Crippen molar-refractivity contribution >= 4 is 58.9 Å². The van der Waals surface area contributed by atoms with Crippen LogP contribution in [0.15, 0.2) is 24.3 Å². The molecule has 7 N–H and O–H groups in total. The maximum absolute atomic E-state index is 12.9. The fourth-order valence-electron chi connectivity index (χ4n) is 1.55. The second kappa shape index (κ2) is 9.97. The number of halogens is 5. The van der Waals surface area contributed by atoms with Gasteiger partial charge in [-0.3, -0.25) is 5.84 Å². The van der Waals surface area contributed by atoms with Gasteiger partial charge >= 0.3 is 11.9 Å². The van der Waals surface area contributed by atoms with Crippen LogP contribution in [0.2, 0.25) is 10.0 Å². The minimum Gasteiger partial charge on any atom is -0.478 e. The van der Waals surface area contributed by atoms with Crippen molar-refractivity contribution in [1.82, 2.24) is 0 Å². The summed E-state index contributed by atoms with van der Waals surface area (Å²) < 4.78 is 25.5. The quantitative estimate of drug-likeness (QED) is 0.284. The Hall–Kier alpha value is -2.33. The van der Waals surface area contributed by atoms with Crippen LogP contribution in [0.1, 0.15) is 20.7 Å². The first-order chi connectivity index (χ1) is 11.6. The molecule has 0 saturated heterocycles. The van der Waals surface area contributed by atoms with E-state index in [9.17, 15) is 18.4 Å². The van der Waals surface area contributed by atoms with Crippen molar-refractivity contribution < 1.29 is 28.6 Å². The number of carbonyl (C=O) groups is 2. The minimum absolute atomic E-state index is 0. The van der Waals surface area contributed by atoms with E-state index in [-0.39, 0.29) is 45.0 Å². The highest BCUT2D eigenvalue weighted by Gasteiger charge is 2.13. The lowest BCUT2D eigenvalue weighted by molar-refractivity contribution is 0.0686. The molecule has 0 aliphatic heterocycles. The standard InChI is InChI=1S/C7H6ClFN2O2.C7H5ClFNO2.ClH/c8-4-2-5(9)6(11-10)1-3(4)7(12)13;8-4-2-5(9)6(10)1-3(4)7(11)12;/h1-2,11H,10H2,(H,12,13);1-2H,10H2,(H,11,12);1H. The Morgan fingerprint density at radius 2 is 1.35 bits per heavy atom. The highest BCUT2D eigenvalue weighted by molar-refractivity contribution is 6.34. The molecule has 7 nitrogen and oxygen atoms in total. The minimum atomic E-state index is -1.23. The van der Waals surface area contributed by atoms with E-state index >= 15 is 0 Å². The summed E-state index contributed by atoms with van der Waals surface area (Å²) in [6.45, 7) is 0. The third-order valence-corrected chi connectivity index (χ3v) is 3.38. The van der Waals surface area contributed by atoms with E-state index in [1.165, 1.54) is 0 Å². The average Bonchev–Trinajstić information content (AvgIpc) is 2.51. The molecule has 2 aromatic rings. The topological polar surface area (TPSA) is 139 Å². The van der Waals surface area contributed by atoms with Gasteiger partial charge in [0.1, 0.15) is 11.6 Å². The SMILES string of the molecule is Cl.NNc1cc(C(=O)O)c(Cl)cc1F.Nc1cc(C(=O)O)c(Cl)cc1F. The summed E-state index contributed by atoms with van der Waals surface area (Å²) in [4.78, 5) is 20.9. The fraction of sp³-hybridized carbons (Fsp3) is 0. The predicted molar refractivity (Wildman–Crippen MR) is 96.2 cm³/mol. The second-order valence-electron chi connectivity index (χ2n) is 4.42. The van der Waals surface area contributed by atoms with Crippen LogP contribution in [0.5, 0.6) is 0 Å². The second-order valence-corrected chi connectivity index (χ2v) is 5.23. The number of benzene rings is 2. The van der Waals surface area contributed by atoms with Crippen LogP contribution in [-0.2, 0) is 0 Å². The molecule has 0 radical (unpaired) electrons. The zero-order valence-corrected chi connectivity index (χ0v) is 14.9. The van der Waals surface area contributed by atoms with Gasteiger partial charge in [0.2, 0.25) is 0 Å². The lowest BCUT2D eigenvalue weighted by atomic mass is 10.2. The Bertz CT molecular complexity index is 838. The van der Waals surface area contributed by atoms with E-state index < -0.39 is 23.6 Å². The number of nitrogen functional groups attached to an aromatic ring is 2. The maximum atomic E-state index is 12.9. The zero-order valence-electron chi connectivity index (χ0n) is 12.6. The first-order valence-electron chi connectivity index (χ1n) is 6.25. The molecule has 0 aliphatic rings. The van der Waals surface area contributed by atoms with Gasteiger partial charge in [-0.25, -0.2) is 18.4 Å². The summed E-state index contributed by atoms with van der Waals surface area (Å²) in [5.74, 6) is 1.06. The van der Waals surface area contributed by atoms with Crippen LogP contribution in [-0.4, -0.2) is 22.2 Å². The summed E-state index contributed by atoms with van der Waals surface area (Å²) in [7, 11) is 0. The number of aromatic carboxylic acids is 2. The zero-order chi connectivity index (χ0) is 19.3. The van der Waals surface area contributed by atoms with Crippen LogP contribution in [0, 0.1) is 11.6 Å². The molecular formula is C14H12Cl3F2N3O4. The molecule has 2 rings (SSSR count). The Morgan fingerprint density at radius 1 is 0.923 bits per heavy atom. The summed E-state index contributed by atoms with van der Waals surface area (Å²) in [5.41, 5.74) is 6.42. The number of hydrazine groups is 1. The monoisotopic (exact) mass is 429 g/mol. The smallest absolute Gasteiger partial charge is 0.337 e. The first-order valence-corrected chi connectivity index (χ1v) is 7.00. The average molecular weight is 431 g/mol. The van der Waals surface area contributed by atoms with Gasteiger partial charge in [-0.05, 0) is 24.3 Å². The van der Waals surface area contributed by atoms with Crippen molar-refractivity contribution in [1.29, 1.82) is 0 Å². The Morgan fingerprint density at radius 3 is 1.77 bits per heavy atom. The molecule has 12 heteroatoms. The maximum Gasteiger partial charge on any atom is 0.337 e. The number of nitrogens with two attached hydrogens (primary N) is 2. The highest BCUT2D eigenvalue weighted by atomic mass is 35.5. The predicted octanol–water partition coefficient (Wildman–Crippen LogP) is 3.64. The van der Waals surface area contributed by atoms with Crippen molar-refractivity contribution in [2.75, 3.05) is 11.2 Å². The third kappa shape index (κ3) is 5.88. The number of carboxylic acid groups (broad SMARTS) is 2. The highest BCUT2D eigenvalue weighted by Crippen LogP contribution is 2.23. The molecule has 0 fully saturated rings. The Balaban J connectivity index is 0.000000464. The van der Waals surface area contributed by atoms with Crippen molar-refractivity contribution in [3.8, 4) is 0 Å². The molecule has 2 aromatic carbocycles. The molecule has 0 aromatic heterocycles. The van der Waals surface area contributed by atoms with Crippen molar-refractivity contribution in [3.63, 3.8) is 0 Å². The van der Waals surface area contributed by atoms with E-state index in [0.717, 1.165) is 24.3 Å². The molecule has 0 amide bonds. The van der Waals surface area contributed by atoms with Gasteiger partial charge in [0.05, 0.1) is 32.5 Å². The van der Waals surface area contributed by atoms with E-state index in [0.29, 0.717) is 0 Å². The van der Waals surface area contributed by atoms with Crippen LogP contribution in [0.4, 0.5) is 20.2 Å². The summed E-state index contributed by atoms with van der Waals surface area (Å²) in [5, 5.41) is 16.8. The molecule has 0 saturated carbocycles. The lowest BCUT2D eigenvalue weighted by Gasteiger charge is -2.04. The van der Waals surface area contributed by atoms with Gasteiger partial charge < -0.3 is 21.4 Å². The van der Waals surface area contributed by atoms with E-state index in [2.05, 4.69) is 0 Å². The van der Waals surface area contributed by atoms with Gasteiger partial charge in [0.25, 0.3) is 0 Å². The first kappa shape index (κ1) is 23.7. The van der Waals surface area contributed by atoms with Crippen LogP contribution in [0.3, 0.4) is 0 Å². The van der Waals surface area contributed by atoms with E-state index in [4.69, 9.17) is 45.0 Å². The van der Waals surface area contributed by atoms with Crippen LogP contribution in [0.25, 0.3) is 0 Å². The molecule has 0 spiro atoms. The van der Waals surface area contributed by atoms with Crippen molar-refractivity contribution in [2.24, 2.45) is 5.84 Å². The molecular weight excluding hydrogens is 419 g/mol. The van der Waals surface area contributed by atoms with Crippen molar-refractivity contribution in [3.05, 3.63) is 57.1 Å². The fourth-order valence-corrected chi connectivity index (χ4v) is 2.02. The summed E-state index contributed by atoms with van der Waals surface area (Å²) in [6.07, 6.45) is 0. The summed E-state index contributed by atoms with van der Waals surface area (Å²) in [6, 6.07) is 3.78. The molecule has 0 aliphatic carbocycles. The largest absolute Gasteiger partial charge is 0.478 e. The van der Waals surface area contributed by atoms with E-state index in [1.807, 2.05) is 5.43 Å². The van der Waals surface area contributed by atoms with Gasteiger partial charge in [-0.15, -0.1) is 12.4 Å². The number of anilines is 2. The van der Waals surface area contributed by atoms with E-state index in [1.54, 1.807) is 0 Å². The van der Waals surface area contributed by atoms with Crippen LogP contribution >= 0.6 is 35.6 Å². The number of hydrogen-bond donors (Lipinski definition) is 5. The van der Waals surface area contributed by atoms with Gasteiger partial charge in [-0.1, -0.05) is 23.2 Å². The number of nitrogens with one attached hydrogen (secondary N) is 1. The summed E-state index contributed by atoms with van der Waals surface area (Å²) >= 11 is 10.9. The lowest BCUT2D eigenvalue weighted by Crippen LogP contribution is -2.10. The van der Waals surface area contributed by atoms with Gasteiger partial charge in [0.15, 0.2) is 0 Å². The number of rotatable bonds is 3. The molecule has 26 heavy (non-hydrogen) atoms. The Labute approximate surface area is 161 Å². The Kier molecular flexibility index (Phi) is 9.08. The molecule has 0 atom stereocenters. The molecule has 0 unspecified atom stereocenters. The third-order valence-electron chi connectivity index (χ3n) is 2.76.